The first kappa shape index (κ1) is 21.7. The first-order valence-electron chi connectivity index (χ1n) is 10.3. The summed E-state index contributed by atoms with van der Waals surface area (Å²) in [6.45, 7) is 5.47. The Hall–Kier alpha value is -3.49. The second-order valence-corrected chi connectivity index (χ2v) is 7.75. The normalized spacial score (nSPS) is 14.5. The van der Waals surface area contributed by atoms with Gasteiger partial charge in [0.05, 0.1) is 28.3 Å². The summed E-state index contributed by atoms with van der Waals surface area (Å²) in [5.41, 5.74) is 2.95. The lowest BCUT2D eigenvalue weighted by Crippen LogP contribution is -2.50. The number of carbonyl (C=O) groups is 1. The molecule has 1 aliphatic heterocycles. The van der Waals surface area contributed by atoms with Crippen molar-refractivity contribution in [2.45, 2.75) is 20.0 Å². The van der Waals surface area contributed by atoms with E-state index in [1.807, 2.05) is 49.1 Å². The van der Waals surface area contributed by atoms with E-state index in [9.17, 15) is 18.0 Å². The van der Waals surface area contributed by atoms with E-state index in [1.165, 1.54) is 6.07 Å². The number of amides is 2. The van der Waals surface area contributed by atoms with Gasteiger partial charge in [-0.15, -0.1) is 0 Å². The van der Waals surface area contributed by atoms with E-state index in [0.717, 1.165) is 23.5 Å². The molecule has 2 heterocycles. The number of benzene rings is 2. The smallest absolute Gasteiger partial charge is 0.368 e. The second kappa shape index (κ2) is 8.57. The zero-order valence-corrected chi connectivity index (χ0v) is 17.9. The number of hydrogen-bond acceptors (Lipinski definition) is 3. The Kier molecular flexibility index (Phi) is 5.82. The standard InChI is InChI=1S/C23H24F3N5O/c1-16-21(17(2)31(28-16)19-8-4-3-5-9-19)27-22(32)30-13-11-29(12-14-30)20-10-6-7-18(15-20)23(24,25)26/h3-10,15H,11-14H2,1-2H3,(H,27,32). The van der Waals surface area contributed by atoms with Gasteiger partial charge < -0.3 is 15.1 Å². The van der Waals surface area contributed by atoms with Crippen LogP contribution >= 0.6 is 0 Å². The van der Waals surface area contributed by atoms with Crippen LogP contribution in [0.4, 0.5) is 29.3 Å². The first-order valence-corrected chi connectivity index (χ1v) is 10.3. The maximum Gasteiger partial charge on any atom is 0.416 e. The van der Waals surface area contributed by atoms with Crippen LogP contribution in [0.15, 0.2) is 54.6 Å². The van der Waals surface area contributed by atoms with Gasteiger partial charge in [-0.05, 0) is 44.2 Å². The minimum atomic E-state index is -4.38. The molecule has 0 bridgehead atoms. The van der Waals surface area contributed by atoms with Crippen molar-refractivity contribution in [2.75, 3.05) is 36.4 Å². The Morgan fingerprint density at radius 2 is 1.59 bits per heavy atom. The van der Waals surface area contributed by atoms with E-state index >= 15 is 0 Å². The molecule has 0 atom stereocenters. The lowest BCUT2D eigenvalue weighted by molar-refractivity contribution is -0.137. The van der Waals surface area contributed by atoms with Crippen molar-refractivity contribution in [1.82, 2.24) is 14.7 Å². The molecule has 0 saturated carbocycles. The molecule has 2 amide bonds. The van der Waals surface area contributed by atoms with Crippen molar-refractivity contribution in [3.63, 3.8) is 0 Å². The highest BCUT2D eigenvalue weighted by Crippen LogP contribution is 2.32. The number of urea groups is 1. The lowest BCUT2D eigenvalue weighted by atomic mass is 10.1. The molecule has 0 spiro atoms. The molecule has 0 radical (unpaired) electrons. The molecule has 1 N–H and O–H groups in total. The van der Waals surface area contributed by atoms with Crippen LogP contribution < -0.4 is 10.2 Å². The number of anilines is 2. The van der Waals surface area contributed by atoms with Crippen LogP contribution in [0.2, 0.25) is 0 Å². The summed E-state index contributed by atoms with van der Waals surface area (Å²) in [5, 5.41) is 7.50. The third kappa shape index (κ3) is 4.42. The van der Waals surface area contributed by atoms with Gasteiger partial charge in [-0.3, -0.25) is 0 Å². The van der Waals surface area contributed by atoms with Crippen molar-refractivity contribution in [1.29, 1.82) is 0 Å². The summed E-state index contributed by atoms with van der Waals surface area (Å²) in [6.07, 6.45) is -4.38. The van der Waals surface area contributed by atoms with Gasteiger partial charge in [0.15, 0.2) is 0 Å². The zero-order valence-electron chi connectivity index (χ0n) is 17.9. The summed E-state index contributed by atoms with van der Waals surface area (Å²) in [7, 11) is 0. The van der Waals surface area contributed by atoms with Gasteiger partial charge in [-0.1, -0.05) is 24.3 Å². The first-order chi connectivity index (χ1) is 15.2. The Bertz CT molecular complexity index is 1100. The molecule has 9 heteroatoms. The van der Waals surface area contributed by atoms with Gasteiger partial charge in [-0.2, -0.15) is 18.3 Å². The third-order valence-electron chi connectivity index (χ3n) is 5.63. The molecule has 168 valence electrons. The average Bonchev–Trinajstić information content (AvgIpc) is 3.07. The van der Waals surface area contributed by atoms with Gasteiger partial charge in [0.1, 0.15) is 0 Å². The van der Waals surface area contributed by atoms with E-state index in [2.05, 4.69) is 10.4 Å². The van der Waals surface area contributed by atoms with Crippen LogP contribution in [0.5, 0.6) is 0 Å². The highest BCUT2D eigenvalue weighted by atomic mass is 19.4. The van der Waals surface area contributed by atoms with E-state index in [-0.39, 0.29) is 6.03 Å². The van der Waals surface area contributed by atoms with Crippen LogP contribution in [0, 0.1) is 13.8 Å². The highest BCUT2D eigenvalue weighted by Gasteiger charge is 2.31. The number of hydrogen-bond donors (Lipinski definition) is 1. The third-order valence-corrected chi connectivity index (χ3v) is 5.63. The molecule has 3 aromatic rings. The Labute approximate surface area is 184 Å². The van der Waals surface area contributed by atoms with Crippen molar-refractivity contribution < 1.29 is 18.0 Å². The summed E-state index contributed by atoms with van der Waals surface area (Å²) in [5.74, 6) is 0. The molecule has 6 nitrogen and oxygen atoms in total. The van der Waals surface area contributed by atoms with Crippen LogP contribution in [-0.2, 0) is 6.18 Å². The molecule has 32 heavy (non-hydrogen) atoms. The Morgan fingerprint density at radius 1 is 0.938 bits per heavy atom. The summed E-state index contributed by atoms with van der Waals surface area (Å²) < 4.78 is 40.8. The number of rotatable bonds is 3. The maximum atomic E-state index is 13.0. The fraction of sp³-hybridized carbons (Fsp3) is 0.304. The van der Waals surface area contributed by atoms with Crippen LogP contribution in [0.3, 0.4) is 0 Å². The number of carbonyl (C=O) groups excluding carboxylic acids is 1. The number of nitrogens with one attached hydrogen (secondary N) is 1. The topological polar surface area (TPSA) is 53.4 Å². The zero-order chi connectivity index (χ0) is 22.9. The summed E-state index contributed by atoms with van der Waals surface area (Å²) in [4.78, 5) is 16.4. The number of halogens is 3. The highest BCUT2D eigenvalue weighted by molar-refractivity contribution is 5.91. The molecular formula is C23H24F3N5O. The number of para-hydroxylation sites is 1. The molecule has 2 aromatic carbocycles. The van der Waals surface area contributed by atoms with Gasteiger partial charge in [0, 0.05) is 31.9 Å². The van der Waals surface area contributed by atoms with E-state index in [1.54, 1.807) is 15.6 Å². The molecule has 0 aliphatic carbocycles. The second-order valence-electron chi connectivity index (χ2n) is 7.75. The number of aryl methyl sites for hydroxylation is 1. The van der Waals surface area contributed by atoms with Crippen molar-refractivity contribution in [2.24, 2.45) is 0 Å². The predicted molar refractivity (Wildman–Crippen MR) is 117 cm³/mol. The van der Waals surface area contributed by atoms with E-state index in [0.29, 0.717) is 43.2 Å². The Balaban J connectivity index is 1.41. The van der Waals surface area contributed by atoms with Crippen LogP contribution in [-0.4, -0.2) is 46.9 Å². The Morgan fingerprint density at radius 3 is 2.25 bits per heavy atom. The number of piperazine rings is 1. The van der Waals surface area contributed by atoms with E-state index < -0.39 is 11.7 Å². The summed E-state index contributed by atoms with van der Waals surface area (Å²) in [6, 6.07) is 14.7. The molecule has 0 unspecified atom stereocenters. The number of alkyl halides is 3. The molecule has 1 aromatic heterocycles. The molecule has 1 aliphatic rings. The van der Waals surface area contributed by atoms with Crippen molar-refractivity contribution in [3.8, 4) is 5.69 Å². The van der Waals surface area contributed by atoms with Crippen LogP contribution in [0.1, 0.15) is 17.0 Å². The fourth-order valence-electron chi connectivity index (χ4n) is 3.88. The minimum Gasteiger partial charge on any atom is -0.368 e. The monoisotopic (exact) mass is 443 g/mol. The fourth-order valence-corrected chi connectivity index (χ4v) is 3.88. The van der Waals surface area contributed by atoms with Gasteiger partial charge in [-0.25, -0.2) is 9.48 Å². The maximum absolute atomic E-state index is 13.0. The largest absolute Gasteiger partial charge is 0.416 e. The van der Waals surface area contributed by atoms with Crippen molar-refractivity contribution >= 4 is 17.4 Å². The lowest BCUT2D eigenvalue weighted by Gasteiger charge is -2.36. The quantitative estimate of drug-likeness (QED) is 0.629. The summed E-state index contributed by atoms with van der Waals surface area (Å²) >= 11 is 0. The van der Waals surface area contributed by atoms with E-state index in [4.69, 9.17) is 0 Å². The average molecular weight is 443 g/mol. The molecule has 1 saturated heterocycles. The SMILES string of the molecule is Cc1nn(-c2ccccc2)c(C)c1NC(=O)N1CCN(c2cccc(C(F)(F)F)c2)CC1. The molecular weight excluding hydrogens is 419 g/mol. The predicted octanol–water partition coefficient (Wildman–Crippen LogP) is 4.86. The van der Waals surface area contributed by atoms with Crippen molar-refractivity contribution in [3.05, 3.63) is 71.5 Å². The van der Waals surface area contributed by atoms with Gasteiger partial charge in [0.25, 0.3) is 0 Å². The number of nitrogens with zero attached hydrogens (tertiary/aromatic N) is 4. The molecule has 4 rings (SSSR count). The van der Waals surface area contributed by atoms with Crippen LogP contribution in [0.25, 0.3) is 5.69 Å². The minimum absolute atomic E-state index is 0.243. The number of aromatic nitrogens is 2. The van der Waals surface area contributed by atoms with Gasteiger partial charge in [0.2, 0.25) is 0 Å². The van der Waals surface area contributed by atoms with Gasteiger partial charge >= 0.3 is 12.2 Å². The molecule has 1 fully saturated rings.